The van der Waals surface area contributed by atoms with E-state index in [0.717, 1.165) is 28.2 Å². The molecule has 1 aromatic heterocycles. The average molecular weight is 365 g/mol. The number of hydrogen-bond acceptors (Lipinski definition) is 2. The van der Waals surface area contributed by atoms with Crippen LogP contribution in [0.3, 0.4) is 0 Å². The molecule has 0 bridgehead atoms. The van der Waals surface area contributed by atoms with Crippen LogP contribution >= 0.6 is 0 Å². The lowest BCUT2D eigenvalue weighted by Gasteiger charge is -2.01. The Bertz CT molecular complexity index is 1080. The molecule has 1 heterocycles. The first kappa shape index (κ1) is 17.5. The highest BCUT2D eigenvalue weighted by Gasteiger charge is 2.10. The van der Waals surface area contributed by atoms with Crippen molar-refractivity contribution < 1.29 is 4.79 Å². The third-order valence-electron chi connectivity index (χ3n) is 4.27. The number of nitrogens with zero attached hydrogens (tertiary/aromatic N) is 2. The Morgan fingerprint density at radius 3 is 2.11 bits per heavy atom. The predicted molar refractivity (Wildman–Crippen MR) is 113 cm³/mol. The molecule has 1 N–H and O–H groups in total. The zero-order chi connectivity index (χ0) is 19.2. The Morgan fingerprint density at radius 2 is 1.43 bits per heavy atom. The van der Waals surface area contributed by atoms with E-state index in [4.69, 9.17) is 5.10 Å². The van der Waals surface area contributed by atoms with E-state index in [1.807, 2.05) is 102 Å². The van der Waals surface area contributed by atoms with Crippen LogP contribution in [0.1, 0.15) is 5.56 Å². The van der Waals surface area contributed by atoms with E-state index in [0.29, 0.717) is 0 Å². The Hall–Kier alpha value is -3.92. The molecule has 0 spiro atoms. The van der Waals surface area contributed by atoms with Crippen molar-refractivity contribution in [2.24, 2.45) is 0 Å². The molecule has 1 amide bonds. The second kappa shape index (κ2) is 8.18. The SMILES string of the molecule is O=C(/C=C\c1cn(-c2ccccc2)nc1-c1ccccc1)Nc1ccccc1. The highest BCUT2D eigenvalue weighted by Crippen LogP contribution is 2.24. The van der Waals surface area contributed by atoms with Gasteiger partial charge in [0.25, 0.3) is 0 Å². The minimum Gasteiger partial charge on any atom is -0.323 e. The van der Waals surface area contributed by atoms with Crippen molar-refractivity contribution in [2.45, 2.75) is 0 Å². The van der Waals surface area contributed by atoms with Crippen molar-refractivity contribution in [3.8, 4) is 16.9 Å². The maximum atomic E-state index is 12.3. The third kappa shape index (κ3) is 4.07. The summed E-state index contributed by atoms with van der Waals surface area (Å²) in [6.07, 6.45) is 5.27. The predicted octanol–water partition coefficient (Wildman–Crippen LogP) is 5.19. The normalized spacial score (nSPS) is 10.9. The lowest BCUT2D eigenvalue weighted by Crippen LogP contribution is -2.07. The van der Waals surface area contributed by atoms with Crippen molar-refractivity contribution >= 4 is 17.7 Å². The molecule has 0 fully saturated rings. The van der Waals surface area contributed by atoms with Crippen molar-refractivity contribution in [3.63, 3.8) is 0 Å². The molecule has 0 aliphatic rings. The number of carbonyl (C=O) groups excluding carboxylic acids is 1. The molecule has 136 valence electrons. The second-order valence-corrected chi connectivity index (χ2v) is 6.27. The number of amides is 1. The van der Waals surface area contributed by atoms with Crippen LogP contribution in [0.4, 0.5) is 5.69 Å². The van der Waals surface area contributed by atoms with Crippen molar-refractivity contribution in [1.29, 1.82) is 0 Å². The summed E-state index contributed by atoms with van der Waals surface area (Å²) in [5, 5.41) is 7.60. The lowest BCUT2D eigenvalue weighted by atomic mass is 10.1. The highest BCUT2D eigenvalue weighted by atomic mass is 16.1. The summed E-state index contributed by atoms with van der Waals surface area (Å²) in [6, 6.07) is 29.3. The number of rotatable bonds is 5. The number of nitrogens with one attached hydrogen (secondary N) is 1. The summed E-state index contributed by atoms with van der Waals surface area (Å²) in [7, 11) is 0. The van der Waals surface area contributed by atoms with Crippen molar-refractivity contribution in [3.05, 3.63) is 109 Å². The summed E-state index contributed by atoms with van der Waals surface area (Å²) < 4.78 is 1.83. The molecule has 4 heteroatoms. The van der Waals surface area contributed by atoms with E-state index >= 15 is 0 Å². The van der Waals surface area contributed by atoms with Gasteiger partial charge in [0.15, 0.2) is 0 Å². The summed E-state index contributed by atoms with van der Waals surface area (Å²) >= 11 is 0. The number of benzene rings is 3. The molecule has 4 nitrogen and oxygen atoms in total. The Morgan fingerprint density at radius 1 is 0.821 bits per heavy atom. The molecule has 4 aromatic rings. The van der Waals surface area contributed by atoms with E-state index in [1.165, 1.54) is 6.08 Å². The quantitative estimate of drug-likeness (QED) is 0.495. The molecule has 0 aliphatic carbocycles. The smallest absolute Gasteiger partial charge is 0.248 e. The van der Waals surface area contributed by atoms with E-state index in [1.54, 1.807) is 6.08 Å². The van der Waals surface area contributed by atoms with Crippen molar-refractivity contribution in [2.75, 3.05) is 5.32 Å². The molecular weight excluding hydrogens is 346 g/mol. The average Bonchev–Trinajstić information content (AvgIpc) is 3.19. The standard InChI is InChI=1S/C24H19N3O/c28-23(25-21-12-6-2-7-13-21)17-16-20-18-27(22-14-8-3-9-15-22)26-24(20)19-10-4-1-5-11-19/h1-18H,(H,25,28)/b17-16-. The maximum Gasteiger partial charge on any atom is 0.248 e. The van der Waals surface area contributed by atoms with Crippen LogP contribution in [0, 0.1) is 0 Å². The van der Waals surface area contributed by atoms with Gasteiger partial charge >= 0.3 is 0 Å². The largest absolute Gasteiger partial charge is 0.323 e. The number of carbonyl (C=O) groups is 1. The van der Waals surface area contributed by atoms with Crippen LogP contribution in [0.2, 0.25) is 0 Å². The van der Waals surface area contributed by atoms with Crippen LogP contribution in [0.25, 0.3) is 23.0 Å². The molecular formula is C24H19N3O. The molecule has 28 heavy (non-hydrogen) atoms. The van der Waals surface area contributed by atoms with Gasteiger partial charge in [-0.15, -0.1) is 0 Å². The van der Waals surface area contributed by atoms with Crippen molar-refractivity contribution in [1.82, 2.24) is 9.78 Å². The number of hydrogen-bond donors (Lipinski definition) is 1. The van der Waals surface area contributed by atoms with Gasteiger partial charge in [0.2, 0.25) is 5.91 Å². The summed E-state index contributed by atoms with van der Waals surface area (Å²) in [6.45, 7) is 0. The fourth-order valence-corrected chi connectivity index (χ4v) is 2.91. The first-order valence-corrected chi connectivity index (χ1v) is 9.04. The molecule has 3 aromatic carbocycles. The van der Waals surface area contributed by atoms with Crippen LogP contribution < -0.4 is 5.32 Å². The first-order valence-electron chi connectivity index (χ1n) is 9.04. The molecule has 0 saturated carbocycles. The van der Waals surface area contributed by atoms with Gasteiger partial charge < -0.3 is 5.32 Å². The Kier molecular flexibility index (Phi) is 5.11. The van der Waals surface area contributed by atoms with Crippen LogP contribution in [-0.4, -0.2) is 15.7 Å². The minimum absolute atomic E-state index is 0.183. The first-order chi connectivity index (χ1) is 13.8. The molecule has 0 saturated heterocycles. The number of para-hydroxylation sites is 2. The van der Waals surface area contributed by atoms with Gasteiger partial charge in [0, 0.05) is 29.1 Å². The minimum atomic E-state index is -0.183. The monoisotopic (exact) mass is 365 g/mol. The van der Waals surface area contributed by atoms with Crippen LogP contribution in [-0.2, 0) is 4.79 Å². The Balaban J connectivity index is 1.65. The molecule has 0 aliphatic heterocycles. The molecule has 0 atom stereocenters. The zero-order valence-corrected chi connectivity index (χ0v) is 15.2. The van der Waals surface area contributed by atoms with E-state index < -0.39 is 0 Å². The van der Waals surface area contributed by atoms with E-state index in [2.05, 4.69) is 5.32 Å². The number of aromatic nitrogens is 2. The molecule has 0 radical (unpaired) electrons. The highest BCUT2D eigenvalue weighted by molar-refractivity contribution is 6.02. The van der Waals surface area contributed by atoms with Gasteiger partial charge in [0.1, 0.15) is 0 Å². The van der Waals surface area contributed by atoms with Gasteiger partial charge in [-0.25, -0.2) is 4.68 Å². The van der Waals surface area contributed by atoms with Gasteiger partial charge in [-0.2, -0.15) is 5.10 Å². The zero-order valence-electron chi connectivity index (χ0n) is 15.2. The van der Waals surface area contributed by atoms with Gasteiger partial charge in [-0.05, 0) is 30.3 Å². The van der Waals surface area contributed by atoms with Gasteiger partial charge in [-0.3, -0.25) is 4.79 Å². The number of anilines is 1. The summed E-state index contributed by atoms with van der Waals surface area (Å²) in [5.41, 5.74) is 4.43. The summed E-state index contributed by atoms with van der Waals surface area (Å²) in [4.78, 5) is 12.3. The fourth-order valence-electron chi connectivity index (χ4n) is 2.91. The van der Waals surface area contributed by atoms with Gasteiger partial charge in [0.05, 0.1) is 11.4 Å². The third-order valence-corrected chi connectivity index (χ3v) is 4.27. The lowest BCUT2D eigenvalue weighted by molar-refractivity contribution is -0.111. The summed E-state index contributed by atoms with van der Waals surface area (Å²) in [5.74, 6) is -0.183. The van der Waals surface area contributed by atoms with Crippen LogP contribution in [0.5, 0.6) is 0 Å². The fraction of sp³-hybridized carbons (Fsp3) is 0. The molecule has 0 unspecified atom stereocenters. The van der Waals surface area contributed by atoms with E-state index in [9.17, 15) is 4.79 Å². The van der Waals surface area contributed by atoms with Crippen LogP contribution in [0.15, 0.2) is 103 Å². The second-order valence-electron chi connectivity index (χ2n) is 6.27. The maximum absolute atomic E-state index is 12.3. The van der Waals surface area contributed by atoms with Gasteiger partial charge in [-0.1, -0.05) is 66.7 Å². The Labute approximate surface area is 163 Å². The van der Waals surface area contributed by atoms with E-state index in [-0.39, 0.29) is 5.91 Å². The molecule has 4 rings (SSSR count). The topological polar surface area (TPSA) is 46.9 Å².